The number of nitrogens with one attached hydrogen (secondary N) is 1. The van der Waals surface area contributed by atoms with Crippen molar-refractivity contribution in [2.24, 2.45) is 0 Å². The Morgan fingerprint density at radius 2 is 2.21 bits per heavy atom. The molecule has 1 unspecified atom stereocenters. The Hall–Kier alpha value is -1.69. The van der Waals surface area contributed by atoms with Crippen LogP contribution >= 0.6 is 0 Å². The largest absolute Gasteiger partial charge is 0.381 e. The van der Waals surface area contributed by atoms with Crippen LogP contribution in [-0.2, 0) is 4.74 Å². The van der Waals surface area contributed by atoms with Gasteiger partial charge in [0.2, 0.25) is 0 Å². The van der Waals surface area contributed by atoms with Crippen molar-refractivity contribution in [3.63, 3.8) is 0 Å². The normalized spacial score (nSPS) is 19.9. The van der Waals surface area contributed by atoms with Crippen molar-refractivity contribution in [2.45, 2.75) is 25.4 Å². The molecule has 0 radical (unpaired) electrons. The SMILES string of the molecule is CNC(=O)c1ccc(N2CCCC(OC)CC2)nn1. The van der Waals surface area contributed by atoms with Gasteiger partial charge in [-0.05, 0) is 31.4 Å². The second-order valence-electron chi connectivity index (χ2n) is 4.63. The zero-order valence-electron chi connectivity index (χ0n) is 11.4. The molecule has 0 aromatic carbocycles. The number of nitrogens with zero attached hydrogens (tertiary/aromatic N) is 3. The highest BCUT2D eigenvalue weighted by atomic mass is 16.5. The Morgan fingerprint density at radius 3 is 2.84 bits per heavy atom. The molecule has 6 heteroatoms. The summed E-state index contributed by atoms with van der Waals surface area (Å²) in [6.45, 7) is 1.86. The first-order valence-electron chi connectivity index (χ1n) is 6.58. The van der Waals surface area contributed by atoms with Gasteiger partial charge in [-0.1, -0.05) is 0 Å². The summed E-state index contributed by atoms with van der Waals surface area (Å²) in [6.07, 6.45) is 3.49. The molecule has 1 aromatic heterocycles. The third-order valence-electron chi connectivity index (χ3n) is 3.44. The quantitative estimate of drug-likeness (QED) is 0.876. The minimum Gasteiger partial charge on any atom is -0.381 e. The van der Waals surface area contributed by atoms with Crippen LogP contribution < -0.4 is 10.2 Å². The summed E-state index contributed by atoms with van der Waals surface area (Å²) in [6, 6.07) is 3.56. The average molecular weight is 264 g/mol. The number of anilines is 1. The van der Waals surface area contributed by atoms with Crippen LogP contribution in [0.25, 0.3) is 0 Å². The minimum absolute atomic E-state index is 0.214. The van der Waals surface area contributed by atoms with Crippen molar-refractivity contribution < 1.29 is 9.53 Å². The van der Waals surface area contributed by atoms with E-state index in [4.69, 9.17) is 4.74 Å². The molecule has 19 heavy (non-hydrogen) atoms. The molecule has 1 aromatic rings. The molecule has 2 heterocycles. The van der Waals surface area contributed by atoms with Crippen LogP contribution in [0.1, 0.15) is 29.8 Å². The van der Waals surface area contributed by atoms with E-state index in [1.807, 2.05) is 6.07 Å². The van der Waals surface area contributed by atoms with Crippen LogP contribution in [0.2, 0.25) is 0 Å². The second kappa shape index (κ2) is 6.47. The maximum Gasteiger partial charge on any atom is 0.271 e. The third kappa shape index (κ3) is 3.41. The molecule has 1 amide bonds. The Morgan fingerprint density at radius 1 is 1.37 bits per heavy atom. The minimum atomic E-state index is -0.214. The van der Waals surface area contributed by atoms with Crippen molar-refractivity contribution in [3.05, 3.63) is 17.8 Å². The van der Waals surface area contributed by atoms with E-state index in [-0.39, 0.29) is 5.91 Å². The van der Waals surface area contributed by atoms with Crippen molar-refractivity contribution in [1.82, 2.24) is 15.5 Å². The van der Waals surface area contributed by atoms with Crippen molar-refractivity contribution in [3.8, 4) is 0 Å². The van der Waals surface area contributed by atoms with Crippen molar-refractivity contribution >= 4 is 11.7 Å². The van der Waals surface area contributed by atoms with Gasteiger partial charge in [0, 0.05) is 27.2 Å². The molecule has 0 aliphatic carbocycles. The van der Waals surface area contributed by atoms with E-state index in [0.717, 1.165) is 38.2 Å². The van der Waals surface area contributed by atoms with E-state index in [1.165, 1.54) is 0 Å². The number of carbonyl (C=O) groups is 1. The van der Waals surface area contributed by atoms with E-state index in [0.29, 0.717) is 11.8 Å². The molecule has 2 rings (SSSR count). The highest BCUT2D eigenvalue weighted by Crippen LogP contribution is 2.18. The Balaban J connectivity index is 2.03. The Kier molecular flexibility index (Phi) is 4.68. The van der Waals surface area contributed by atoms with Gasteiger partial charge in [-0.15, -0.1) is 10.2 Å². The molecule has 1 N–H and O–H groups in total. The lowest BCUT2D eigenvalue weighted by Crippen LogP contribution is -2.27. The van der Waals surface area contributed by atoms with Gasteiger partial charge in [0.1, 0.15) is 0 Å². The summed E-state index contributed by atoms with van der Waals surface area (Å²) in [4.78, 5) is 13.6. The summed E-state index contributed by atoms with van der Waals surface area (Å²) in [5, 5.41) is 10.6. The Bertz CT molecular complexity index is 421. The summed E-state index contributed by atoms with van der Waals surface area (Å²) in [7, 11) is 3.34. The highest BCUT2D eigenvalue weighted by molar-refractivity contribution is 5.91. The van der Waals surface area contributed by atoms with Gasteiger partial charge < -0.3 is 15.0 Å². The van der Waals surface area contributed by atoms with Crippen molar-refractivity contribution in [2.75, 3.05) is 32.1 Å². The molecule has 1 atom stereocenters. The second-order valence-corrected chi connectivity index (χ2v) is 4.63. The molecule has 104 valence electrons. The zero-order valence-corrected chi connectivity index (χ0v) is 11.4. The number of amides is 1. The summed E-state index contributed by atoms with van der Waals surface area (Å²) in [5.41, 5.74) is 0.343. The predicted octanol–water partition coefficient (Wildman–Crippen LogP) is 0.841. The summed E-state index contributed by atoms with van der Waals surface area (Å²) < 4.78 is 5.40. The average Bonchev–Trinajstić information content (AvgIpc) is 2.72. The maximum absolute atomic E-state index is 11.4. The maximum atomic E-state index is 11.4. The first-order chi connectivity index (χ1) is 9.24. The van der Waals surface area contributed by atoms with Gasteiger partial charge in [0.25, 0.3) is 5.91 Å². The van der Waals surface area contributed by atoms with E-state index in [2.05, 4.69) is 20.4 Å². The van der Waals surface area contributed by atoms with Gasteiger partial charge in [0.15, 0.2) is 11.5 Å². The predicted molar refractivity (Wildman–Crippen MR) is 72.3 cm³/mol. The van der Waals surface area contributed by atoms with Crippen LogP contribution in [0.5, 0.6) is 0 Å². The molecule has 1 fully saturated rings. The smallest absolute Gasteiger partial charge is 0.271 e. The monoisotopic (exact) mass is 264 g/mol. The molecule has 0 bridgehead atoms. The number of methoxy groups -OCH3 is 1. The van der Waals surface area contributed by atoms with Crippen LogP contribution in [0.3, 0.4) is 0 Å². The van der Waals surface area contributed by atoms with E-state index >= 15 is 0 Å². The molecule has 0 spiro atoms. The summed E-state index contributed by atoms with van der Waals surface area (Å²) in [5.74, 6) is 0.610. The fraction of sp³-hybridized carbons (Fsp3) is 0.615. The zero-order chi connectivity index (χ0) is 13.7. The fourth-order valence-electron chi connectivity index (χ4n) is 2.27. The molecule has 0 saturated carbocycles. The number of aromatic nitrogens is 2. The standard InChI is InChI=1S/C13H20N4O2/c1-14-13(18)11-5-6-12(16-15-11)17-8-3-4-10(19-2)7-9-17/h5-6,10H,3-4,7-9H2,1-2H3,(H,14,18). The molecule has 6 nitrogen and oxygen atoms in total. The molecule has 1 aliphatic heterocycles. The highest BCUT2D eigenvalue weighted by Gasteiger charge is 2.18. The lowest BCUT2D eigenvalue weighted by molar-refractivity contribution is 0.0931. The Labute approximate surface area is 113 Å². The first-order valence-corrected chi connectivity index (χ1v) is 6.58. The molecule has 1 saturated heterocycles. The van der Waals surface area contributed by atoms with E-state index in [1.54, 1.807) is 20.2 Å². The van der Waals surface area contributed by atoms with Gasteiger partial charge in [-0.3, -0.25) is 4.79 Å². The third-order valence-corrected chi connectivity index (χ3v) is 3.44. The number of hydrogen-bond donors (Lipinski definition) is 1. The van der Waals surface area contributed by atoms with Crippen LogP contribution in [-0.4, -0.2) is 49.5 Å². The lowest BCUT2D eigenvalue weighted by atomic mass is 10.2. The number of hydrogen-bond acceptors (Lipinski definition) is 5. The van der Waals surface area contributed by atoms with Crippen LogP contribution in [0.15, 0.2) is 12.1 Å². The van der Waals surface area contributed by atoms with Crippen LogP contribution in [0.4, 0.5) is 5.82 Å². The molecular formula is C13H20N4O2. The molecular weight excluding hydrogens is 244 g/mol. The van der Waals surface area contributed by atoms with E-state index in [9.17, 15) is 4.79 Å². The van der Waals surface area contributed by atoms with E-state index < -0.39 is 0 Å². The topological polar surface area (TPSA) is 67.4 Å². The van der Waals surface area contributed by atoms with Gasteiger partial charge in [-0.2, -0.15) is 0 Å². The number of carbonyl (C=O) groups excluding carboxylic acids is 1. The van der Waals surface area contributed by atoms with Crippen molar-refractivity contribution in [1.29, 1.82) is 0 Å². The van der Waals surface area contributed by atoms with Crippen LogP contribution in [0, 0.1) is 0 Å². The van der Waals surface area contributed by atoms with Gasteiger partial charge in [0.05, 0.1) is 6.10 Å². The number of ether oxygens (including phenoxy) is 1. The summed E-state index contributed by atoms with van der Waals surface area (Å²) >= 11 is 0. The fourth-order valence-corrected chi connectivity index (χ4v) is 2.27. The molecule has 1 aliphatic rings. The van der Waals surface area contributed by atoms with Gasteiger partial charge in [-0.25, -0.2) is 0 Å². The van der Waals surface area contributed by atoms with Gasteiger partial charge >= 0.3 is 0 Å². The number of rotatable bonds is 3. The lowest BCUT2D eigenvalue weighted by Gasteiger charge is -2.20. The first kappa shape index (κ1) is 13.7.